The monoisotopic (exact) mass is 428 g/mol. The smallest absolute Gasteiger partial charge is 0.305 e. The summed E-state index contributed by atoms with van der Waals surface area (Å²) in [6.45, 7) is 8.86. The highest BCUT2D eigenvalue weighted by atomic mass is 16.5. The third-order valence-electron chi connectivity index (χ3n) is 6.17. The fourth-order valence-corrected chi connectivity index (χ4v) is 4.37. The molecule has 7 heteroatoms. The maximum atomic E-state index is 13.0. The predicted octanol–water partition coefficient (Wildman–Crippen LogP) is 1.65. The van der Waals surface area contributed by atoms with Crippen LogP contribution < -0.4 is 14.5 Å². The summed E-state index contributed by atoms with van der Waals surface area (Å²) in [4.78, 5) is 28.0. The molecule has 0 amide bonds. The molecule has 31 heavy (non-hydrogen) atoms. The van der Waals surface area contributed by atoms with Crippen molar-refractivity contribution >= 4 is 17.4 Å². The van der Waals surface area contributed by atoms with Crippen molar-refractivity contribution in [2.45, 2.75) is 33.2 Å². The highest BCUT2D eigenvalue weighted by Crippen LogP contribution is 2.27. The summed E-state index contributed by atoms with van der Waals surface area (Å²) >= 11 is 0. The molecule has 1 aromatic carbocycles. The number of hydrogen-bond donors (Lipinski definition) is 1. The van der Waals surface area contributed by atoms with Crippen LogP contribution in [0.1, 0.15) is 34.6 Å². The van der Waals surface area contributed by atoms with Crippen LogP contribution >= 0.6 is 0 Å². The lowest BCUT2D eigenvalue weighted by atomic mass is 10.1. The topological polar surface area (TPSA) is 65.2 Å². The maximum absolute atomic E-state index is 13.0. The Bertz CT molecular complexity index is 914. The van der Waals surface area contributed by atoms with E-state index in [2.05, 4.69) is 15.5 Å². The van der Waals surface area contributed by atoms with Crippen molar-refractivity contribution in [2.75, 3.05) is 51.8 Å². The van der Waals surface area contributed by atoms with Crippen molar-refractivity contribution in [2.24, 2.45) is 0 Å². The van der Waals surface area contributed by atoms with Crippen LogP contribution in [-0.4, -0.2) is 63.3 Å². The Morgan fingerprint density at radius 2 is 1.81 bits per heavy atom. The molecule has 3 rings (SSSR count). The lowest BCUT2D eigenvalue weighted by molar-refractivity contribution is -0.892. The van der Waals surface area contributed by atoms with Gasteiger partial charge in [0.05, 0.1) is 46.1 Å². The molecule has 0 spiro atoms. The van der Waals surface area contributed by atoms with E-state index in [1.165, 1.54) is 12.0 Å². The number of carbonyl (C=O) groups is 2. The van der Waals surface area contributed by atoms with Crippen molar-refractivity contribution in [3.05, 3.63) is 47.3 Å². The minimum atomic E-state index is -0.199. The lowest BCUT2D eigenvalue weighted by Gasteiger charge is -2.34. The second-order valence-electron chi connectivity index (χ2n) is 8.12. The standard InChI is InChI=1S/C24H33N3O4/c1-18-16-20(19(2)27(18)11-7-10-24(29)31-4)22(28)17-25-12-14-26(15-13-25)21-8-5-6-9-23(21)30-3/h5-6,8-9,16H,7,10-15,17H2,1-4H3/p+1. The van der Waals surface area contributed by atoms with Gasteiger partial charge in [-0.15, -0.1) is 0 Å². The Kier molecular flexibility index (Phi) is 7.74. The van der Waals surface area contributed by atoms with Gasteiger partial charge in [0.1, 0.15) is 12.3 Å². The lowest BCUT2D eigenvalue weighted by Crippen LogP contribution is -3.15. The summed E-state index contributed by atoms with van der Waals surface area (Å²) < 4.78 is 12.3. The number of anilines is 1. The first-order chi connectivity index (χ1) is 14.9. The summed E-state index contributed by atoms with van der Waals surface area (Å²) in [7, 11) is 3.11. The Morgan fingerprint density at radius 1 is 1.10 bits per heavy atom. The van der Waals surface area contributed by atoms with Crippen molar-refractivity contribution in [1.82, 2.24) is 4.57 Å². The summed E-state index contributed by atoms with van der Waals surface area (Å²) in [5, 5.41) is 0. The molecule has 0 radical (unpaired) electrons. The number of nitrogens with one attached hydrogen (secondary N) is 1. The first kappa shape index (κ1) is 22.9. The summed E-state index contributed by atoms with van der Waals surface area (Å²) in [5.74, 6) is 0.879. The summed E-state index contributed by atoms with van der Waals surface area (Å²) in [6, 6.07) is 10.1. The van der Waals surface area contributed by atoms with E-state index >= 15 is 0 Å². The van der Waals surface area contributed by atoms with E-state index in [-0.39, 0.29) is 11.8 Å². The van der Waals surface area contributed by atoms with Crippen molar-refractivity contribution in [3.8, 4) is 5.75 Å². The maximum Gasteiger partial charge on any atom is 0.305 e. The number of ether oxygens (including phenoxy) is 2. The fourth-order valence-electron chi connectivity index (χ4n) is 4.37. The van der Waals surface area contributed by atoms with Gasteiger partial charge in [-0.2, -0.15) is 0 Å². The molecule has 0 bridgehead atoms. The first-order valence-corrected chi connectivity index (χ1v) is 10.9. The van der Waals surface area contributed by atoms with Crippen LogP contribution in [0.2, 0.25) is 0 Å². The average molecular weight is 429 g/mol. The number of ketones is 1. The molecule has 1 aliphatic rings. The van der Waals surface area contributed by atoms with Gasteiger partial charge in [-0.25, -0.2) is 0 Å². The van der Waals surface area contributed by atoms with E-state index in [0.29, 0.717) is 25.9 Å². The van der Waals surface area contributed by atoms with Crippen LogP contribution in [0.5, 0.6) is 5.75 Å². The molecule has 1 saturated heterocycles. The Balaban J connectivity index is 1.56. The van der Waals surface area contributed by atoms with Crippen LogP contribution in [0.15, 0.2) is 30.3 Å². The van der Waals surface area contributed by atoms with Crippen LogP contribution in [0, 0.1) is 13.8 Å². The zero-order valence-electron chi connectivity index (χ0n) is 19.1. The number of para-hydroxylation sites is 2. The van der Waals surface area contributed by atoms with E-state index < -0.39 is 0 Å². The minimum Gasteiger partial charge on any atom is -0.495 e. The Morgan fingerprint density at radius 3 is 2.48 bits per heavy atom. The normalized spacial score (nSPS) is 14.5. The van der Waals surface area contributed by atoms with E-state index in [0.717, 1.165) is 54.6 Å². The summed E-state index contributed by atoms with van der Waals surface area (Å²) in [5.41, 5.74) is 3.96. The average Bonchev–Trinajstić information content (AvgIpc) is 3.07. The molecule has 2 heterocycles. The van der Waals surface area contributed by atoms with Crippen molar-refractivity contribution in [1.29, 1.82) is 0 Å². The molecular formula is C24H34N3O4+. The van der Waals surface area contributed by atoms with Gasteiger partial charge in [0.25, 0.3) is 0 Å². The molecule has 0 aliphatic carbocycles. The van der Waals surface area contributed by atoms with E-state index in [1.54, 1.807) is 7.11 Å². The third kappa shape index (κ3) is 5.47. The molecule has 168 valence electrons. The number of aromatic nitrogens is 1. The number of hydrogen-bond acceptors (Lipinski definition) is 5. The van der Waals surface area contributed by atoms with Gasteiger partial charge in [-0.05, 0) is 38.5 Å². The van der Waals surface area contributed by atoms with Gasteiger partial charge in [0.15, 0.2) is 0 Å². The predicted molar refractivity (Wildman–Crippen MR) is 120 cm³/mol. The van der Waals surface area contributed by atoms with Gasteiger partial charge in [-0.3, -0.25) is 9.59 Å². The van der Waals surface area contributed by atoms with Gasteiger partial charge < -0.3 is 23.8 Å². The van der Waals surface area contributed by atoms with Crippen LogP contribution in [0.25, 0.3) is 0 Å². The Hall–Kier alpha value is -2.80. The summed E-state index contributed by atoms with van der Waals surface area (Å²) in [6.07, 6.45) is 1.09. The molecule has 1 aromatic heterocycles. The number of piperazine rings is 1. The number of esters is 1. The van der Waals surface area contributed by atoms with Crippen molar-refractivity contribution < 1.29 is 24.0 Å². The zero-order valence-corrected chi connectivity index (χ0v) is 19.1. The number of aryl methyl sites for hydroxylation is 1. The van der Waals surface area contributed by atoms with E-state index in [1.807, 2.05) is 38.1 Å². The highest BCUT2D eigenvalue weighted by Gasteiger charge is 2.26. The molecule has 1 N–H and O–H groups in total. The number of quaternary nitrogens is 1. The second kappa shape index (κ2) is 10.5. The number of methoxy groups -OCH3 is 2. The number of benzene rings is 1. The quantitative estimate of drug-likeness (QED) is 0.486. The number of carbonyl (C=O) groups excluding carboxylic acids is 2. The van der Waals surface area contributed by atoms with E-state index in [4.69, 9.17) is 9.47 Å². The zero-order chi connectivity index (χ0) is 22.4. The molecule has 7 nitrogen and oxygen atoms in total. The minimum absolute atomic E-state index is 0.188. The third-order valence-corrected chi connectivity index (χ3v) is 6.17. The SMILES string of the molecule is COC(=O)CCCn1c(C)cc(C(=O)C[NH+]2CCN(c3ccccc3OC)CC2)c1C. The van der Waals surface area contributed by atoms with Gasteiger partial charge in [0, 0.05) is 29.9 Å². The molecular weight excluding hydrogens is 394 g/mol. The first-order valence-electron chi connectivity index (χ1n) is 10.9. The molecule has 0 atom stereocenters. The molecule has 2 aromatic rings. The molecule has 0 saturated carbocycles. The molecule has 1 aliphatic heterocycles. The Labute approximate surface area is 184 Å². The van der Waals surface area contributed by atoms with Crippen LogP contribution in [0.3, 0.4) is 0 Å². The molecule has 0 unspecified atom stereocenters. The second-order valence-corrected chi connectivity index (χ2v) is 8.12. The molecule has 1 fully saturated rings. The number of Topliss-reactive ketones (excluding diaryl/α,β-unsaturated/α-hetero) is 1. The van der Waals surface area contributed by atoms with Crippen molar-refractivity contribution in [3.63, 3.8) is 0 Å². The largest absolute Gasteiger partial charge is 0.495 e. The van der Waals surface area contributed by atoms with Crippen LogP contribution in [0.4, 0.5) is 5.69 Å². The van der Waals surface area contributed by atoms with E-state index in [9.17, 15) is 9.59 Å². The van der Waals surface area contributed by atoms with Gasteiger partial charge in [-0.1, -0.05) is 12.1 Å². The van der Waals surface area contributed by atoms with Gasteiger partial charge >= 0.3 is 5.97 Å². The van der Waals surface area contributed by atoms with Gasteiger partial charge in [0.2, 0.25) is 5.78 Å². The number of rotatable bonds is 9. The number of nitrogens with zero attached hydrogens (tertiary/aromatic N) is 2. The highest BCUT2D eigenvalue weighted by molar-refractivity contribution is 5.98. The van der Waals surface area contributed by atoms with Crippen LogP contribution in [-0.2, 0) is 16.1 Å². The fraction of sp³-hybridized carbons (Fsp3) is 0.500.